The van der Waals surface area contributed by atoms with Crippen molar-refractivity contribution < 1.29 is 33.3 Å². The van der Waals surface area contributed by atoms with Crippen LogP contribution in [0, 0.1) is 0 Å². The van der Waals surface area contributed by atoms with Crippen LogP contribution < -0.4 is 14.8 Å². The van der Waals surface area contributed by atoms with Crippen LogP contribution in [0.3, 0.4) is 0 Å². The summed E-state index contributed by atoms with van der Waals surface area (Å²) in [7, 11) is 3.87. The summed E-state index contributed by atoms with van der Waals surface area (Å²) in [6.45, 7) is 0.114. The van der Waals surface area contributed by atoms with Crippen molar-refractivity contribution >= 4 is 33.8 Å². The molecule has 0 aliphatic carbocycles. The molecule has 1 N–H and O–H groups in total. The maximum Gasteiger partial charge on any atom is 0.357 e. The fourth-order valence-corrected chi connectivity index (χ4v) is 4.43. The molecular formula is C29H26BrN3O7. The van der Waals surface area contributed by atoms with Crippen LogP contribution in [-0.2, 0) is 20.8 Å². The smallest absolute Gasteiger partial charge is 0.357 e. The molecule has 1 amide bonds. The van der Waals surface area contributed by atoms with E-state index in [1.807, 2.05) is 36.4 Å². The fourth-order valence-electron chi connectivity index (χ4n) is 3.92. The third-order valence-electron chi connectivity index (χ3n) is 5.85. The predicted molar refractivity (Wildman–Crippen MR) is 150 cm³/mol. The van der Waals surface area contributed by atoms with Gasteiger partial charge in [-0.1, -0.05) is 48.5 Å². The number of hydrogen-bond acceptors (Lipinski definition) is 8. The molecule has 206 valence electrons. The van der Waals surface area contributed by atoms with Gasteiger partial charge in [-0.25, -0.2) is 14.3 Å². The summed E-state index contributed by atoms with van der Waals surface area (Å²) in [5.41, 5.74) is 1.87. The number of nitrogens with zero attached hydrogens (tertiary/aromatic N) is 2. The van der Waals surface area contributed by atoms with E-state index in [-0.39, 0.29) is 41.0 Å². The van der Waals surface area contributed by atoms with Crippen molar-refractivity contribution in [2.75, 3.05) is 27.9 Å². The summed E-state index contributed by atoms with van der Waals surface area (Å²) < 4.78 is 23.0. The molecule has 0 aliphatic rings. The van der Waals surface area contributed by atoms with Gasteiger partial charge in [-0.2, -0.15) is 5.10 Å². The normalized spacial score (nSPS) is 10.5. The first kappa shape index (κ1) is 28.4. The second-order valence-corrected chi connectivity index (χ2v) is 9.19. The lowest BCUT2D eigenvalue weighted by Crippen LogP contribution is -2.28. The van der Waals surface area contributed by atoms with Crippen LogP contribution in [0.2, 0.25) is 0 Å². The van der Waals surface area contributed by atoms with E-state index in [1.54, 1.807) is 36.4 Å². The van der Waals surface area contributed by atoms with Crippen molar-refractivity contribution in [1.82, 2.24) is 15.1 Å². The standard InChI is InChI=1S/C29H26BrN3O7/c1-37-22-14-20(21(30)15-23(22)40-17-24(34)31-16-18-10-6-4-7-11-18)26-25(28(35)38-2)27(29(36)39-3)33(32-26)19-12-8-5-9-13-19/h4-15H,16-17H2,1-3H3,(H,31,34). The van der Waals surface area contributed by atoms with Crippen molar-refractivity contribution in [1.29, 1.82) is 0 Å². The molecule has 0 saturated heterocycles. The van der Waals surface area contributed by atoms with Crippen LogP contribution in [0.15, 0.2) is 77.3 Å². The first-order valence-corrected chi connectivity index (χ1v) is 12.8. The molecule has 0 aliphatic heterocycles. The highest BCUT2D eigenvalue weighted by Gasteiger charge is 2.32. The van der Waals surface area contributed by atoms with Crippen LogP contribution >= 0.6 is 15.9 Å². The Balaban J connectivity index is 1.70. The van der Waals surface area contributed by atoms with E-state index >= 15 is 0 Å². The van der Waals surface area contributed by atoms with Crippen LogP contribution in [0.4, 0.5) is 0 Å². The van der Waals surface area contributed by atoms with E-state index in [2.05, 4.69) is 26.3 Å². The average molecular weight is 608 g/mol. The van der Waals surface area contributed by atoms with E-state index in [4.69, 9.17) is 18.9 Å². The highest BCUT2D eigenvalue weighted by molar-refractivity contribution is 9.10. The number of esters is 2. The molecule has 0 atom stereocenters. The third kappa shape index (κ3) is 6.15. The highest BCUT2D eigenvalue weighted by Crippen LogP contribution is 2.40. The number of carbonyl (C=O) groups excluding carboxylic acids is 3. The van der Waals surface area contributed by atoms with Crippen LogP contribution in [-0.4, -0.2) is 55.6 Å². The second kappa shape index (κ2) is 12.9. The second-order valence-electron chi connectivity index (χ2n) is 8.34. The van der Waals surface area contributed by atoms with Gasteiger partial charge in [0.1, 0.15) is 11.3 Å². The largest absolute Gasteiger partial charge is 0.493 e. The van der Waals surface area contributed by atoms with Crippen molar-refractivity contribution in [3.05, 3.63) is 94.1 Å². The lowest BCUT2D eigenvalue weighted by molar-refractivity contribution is -0.123. The van der Waals surface area contributed by atoms with Crippen molar-refractivity contribution in [2.45, 2.75) is 6.54 Å². The lowest BCUT2D eigenvalue weighted by atomic mass is 10.0. The molecule has 0 bridgehead atoms. The molecular weight excluding hydrogens is 582 g/mol. The SMILES string of the molecule is COC(=O)c1c(-c2cc(OC)c(OCC(=O)NCc3ccccc3)cc2Br)nn(-c2ccccc2)c1C(=O)OC. The molecule has 10 nitrogen and oxygen atoms in total. The Morgan fingerprint density at radius 2 is 1.52 bits per heavy atom. The minimum atomic E-state index is -0.779. The minimum Gasteiger partial charge on any atom is -0.493 e. The van der Waals surface area contributed by atoms with Crippen LogP contribution in [0.1, 0.15) is 26.4 Å². The zero-order chi connectivity index (χ0) is 28.6. The van der Waals surface area contributed by atoms with E-state index in [0.29, 0.717) is 22.3 Å². The zero-order valence-electron chi connectivity index (χ0n) is 22.0. The van der Waals surface area contributed by atoms with E-state index in [1.165, 1.54) is 26.0 Å². The Morgan fingerprint density at radius 1 is 0.875 bits per heavy atom. The predicted octanol–water partition coefficient (Wildman–Crippen LogP) is 4.58. The molecule has 0 fully saturated rings. The van der Waals surface area contributed by atoms with Gasteiger partial charge in [0, 0.05) is 16.6 Å². The summed E-state index contributed by atoms with van der Waals surface area (Å²) in [4.78, 5) is 38.2. The number of ether oxygens (including phenoxy) is 4. The van der Waals surface area contributed by atoms with Gasteiger partial charge in [0.2, 0.25) is 0 Å². The molecule has 4 rings (SSSR count). The molecule has 40 heavy (non-hydrogen) atoms. The van der Waals surface area contributed by atoms with Gasteiger partial charge in [-0.3, -0.25) is 4.79 Å². The average Bonchev–Trinajstić information content (AvgIpc) is 3.39. The molecule has 0 radical (unpaired) electrons. The molecule has 3 aromatic carbocycles. The molecule has 1 heterocycles. The molecule has 1 aromatic heterocycles. The van der Waals surface area contributed by atoms with Gasteiger partial charge in [-0.15, -0.1) is 0 Å². The van der Waals surface area contributed by atoms with E-state index in [0.717, 1.165) is 5.56 Å². The first-order chi connectivity index (χ1) is 19.4. The Morgan fingerprint density at radius 3 is 2.15 bits per heavy atom. The zero-order valence-corrected chi connectivity index (χ0v) is 23.6. The number of para-hydroxylation sites is 1. The molecule has 0 saturated carbocycles. The lowest BCUT2D eigenvalue weighted by Gasteiger charge is -2.14. The number of rotatable bonds is 10. The maximum atomic E-state index is 13.0. The minimum absolute atomic E-state index is 0.0880. The number of aromatic nitrogens is 2. The Kier molecular flexibility index (Phi) is 9.18. The van der Waals surface area contributed by atoms with E-state index < -0.39 is 11.9 Å². The fraction of sp³-hybridized carbons (Fsp3) is 0.172. The number of methoxy groups -OCH3 is 3. The van der Waals surface area contributed by atoms with E-state index in [9.17, 15) is 14.4 Å². The number of halogens is 1. The summed E-state index contributed by atoms with van der Waals surface area (Å²) in [6, 6.07) is 21.5. The molecule has 4 aromatic rings. The summed E-state index contributed by atoms with van der Waals surface area (Å²) in [5, 5.41) is 7.41. The highest BCUT2D eigenvalue weighted by atomic mass is 79.9. The quantitative estimate of drug-likeness (QED) is 0.260. The summed E-state index contributed by atoms with van der Waals surface area (Å²) in [5.74, 6) is -1.31. The van der Waals surface area contributed by atoms with Gasteiger partial charge in [0.05, 0.1) is 27.0 Å². The Labute approximate surface area is 238 Å². The number of carbonyl (C=O) groups is 3. The topological polar surface area (TPSA) is 118 Å². The van der Waals surface area contributed by atoms with Gasteiger partial charge in [0.15, 0.2) is 23.8 Å². The van der Waals surface area contributed by atoms with Crippen molar-refractivity contribution in [2.24, 2.45) is 0 Å². The monoisotopic (exact) mass is 607 g/mol. The molecule has 11 heteroatoms. The first-order valence-electron chi connectivity index (χ1n) is 12.0. The number of amides is 1. The number of benzene rings is 3. The van der Waals surface area contributed by atoms with Crippen LogP contribution in [0.25, 0.3) is 16.9 Å². The molecule has 0 unspecified atom stereocenters. The van der Waals surface area contributed by atoms with Gasteiger partial charge >= 0.3 is 11.9 Å². The number of hydrogen-bond donors (Lipinski definition) is 1. The van der Waals surface area contributed by atoms with Gasteiger partial charge in [-0.05, 0) is 45.8 Å². The maximum absolute atomic E-state index is 13.0. The van der Waals surface area contributed by atoms with Gasteiger partial charge < -0.3 is 24.3 Å². The Bertz CT molecular complexity index is 1520. The third-order valence-corrected chi connectivity index (χ3v) is 6.51. The van der Waals surface area contributed by atoms with Gasteiger partial charge in [0.25, 0.3) is 5.91 Å². The van der Waals surface area contributed by atoms with Crippen molar-refractivity contribution in [3.63, 3.8) is 0 Å². The van der Waals surface area contributed by atoms with Crippen LogP contribution in [0.5, 0.6) is 11.5 Å². The summed E-state index contributed by atoms with van der Waals surface area (Å²) >= 11 is 3.51. The van der Waals surface area contributed by atoms with Crippen molar-refractivity contribution in [3.8, 4) is 28.4 Å². The molecule has 0 spiro atoms. The summed E-state index contributed by atoms with van der Waals surface area (Å²) in [6.07, 6.45) is 0. The Hall–Kier alpha value is -4.64. The number of nitrogens with one attached hydrogen (secondary N) is 1.